The van der Waals surface area contributed by atoms with Crippen LogP contribution in [0.5, 0.6) is 0 Å². The van der Waals surface area contributed by atoms with Crippen LogP contribution in [0.15, 0.2) is 41.4 Å². The first kappa shape index (κ1) is 37.2. The largest absolute Gasteiger partial charge is 0.446 e. The maximum absolute atomic E-state index is 12.5. The minimum atomic E-state index is -0.694. The Kier molecular flexibility index (Phi) is 20.3. The summed E-state index contributed by atoms with van der Waals surface area (Å²) in [6.07, 6.45) is 23.3. The van der Waals surface area contributed by atoms with Crippen molar-refractivity contribution in [1.82, 2.24) is 4.90 Å². The molecule has 1 aromatic carbocycles. The molecular weight excluding hydrogens is 556 g/mol. The molecule has 0 N–H and O–H groups in total. The third-order valence-corrected chi connectivity index (χ3v) is 8.92. The average molecular weight is 618 g/mol. The van der Waals surface area contributed by atoms with Gasteiger partial charge in [0.15, 0.2) is 12.7 Å². The van der Waals surface area contributed by atoms with Crippen LogP contribution in [0.4, 0.5) is 4.79 Å². The third kappa shape index (κ3) is 17.8. The zero-order chi connectivity index (χ0) is 31.0. The molecule has 244 valence electrons. The van der Waals surface area contributed by atoms with Gasteiger partial charge in [-0.25, -0.2) is 4.79 Å². The number of carbonyl (C=O) groups excluding carboxylic acids is 1. The number of ether oxygens (including phenoxy) is 3. The maximum Gasteiger partial charge on any atom is 0.409 e. The lowest BCUT2D eigenvalue weighted by molar-refractivity contribution is -0.683. The number of thiazole rings is 1. The Balaban J connectivity index is 1.46. The number of carbonyl (C=O) groups is 1. The van der Waals surface area contributed by atoms with Crippen molar-refractivity contribution in [3.63, 3.8) is 0 Å². The molecule has 1 atom stereocenters. The van der Waals surface area contributed by atoms with Crippen LogP contribution in [0.3, 0.4) is 0 Å². The summed E-state index contributed by atoms with van der Waals surface area (Å²) < 4.78 is 19.4. The van der Waals surface area contributed by atoms with E-state index in [0.29, 0.717) is 13.2 Å². The van der Waals surface area contributed by atoms with Crippen LogP contribution in [0.25, 0.3) is 0 Å². The molecule has 2 rings (SSSR count). The minimum Gasteiger partial charge on any atom is -0.446 e. The maximum atomic E-state index is 12.5. The summed E-state index contributed by atoms with van der Waals surface area (Å²) in [7, 11) is 3.45. The normalized spacial score (nSPS) is 12.7. The van der Waals surface area contributed by atoms with Gasteiger partial charge >= 0.3 is 6.09 Å². The van der Waals surface area contributed by atoms with E-state index in [2.05, 4.69) is 52.8 Å². The summed E-state index contributed by atoms with van der Waals surface area (Å²) in [5, 5.41) is 2.08. The molecule has 1 aromatic heterocycles. The van der Waals surface area contributed by atoms with Gasteiger partial charge in [-0.15, -0.1) is 0 Å². The van der Waals surface area contributed by atoms with Gasteiger partial charge in [-0.05, 0) is 18.9 Å². The second-order valence-corrected chi connectivity index (χ2v) is 13.2. The Hall–Kier alpha value is -1.96. The van der Waals surface area contributed by atoms with Crippen molar-refractivity contribution in [2.45, 2.75) is 135 Å². The van der Waals surface area contributed by atoms with Gasteiger partial charge in [0.1, 0.15) is 12.2 Å². The predicted molar refractivity (Wildman–Crippen MR) is 179 cm³/mol. The Labute approximate surface area is 267 Å². The van der Waals surface area contributed by atoms with Gasteiger partial charge in [0, 0.05) is 26.3 Å². The summed E-state index contributed by atoms with van der Waals surface area (Å²) in [5.41, 5.74) is 3.77. The average Bonchev–Trinajstić information content (AvgIpc) is 3.53. The van der Waals surface area contributed by atoms with Crippen LogP contribution < -0.4 is 4.57 Å². The standard InChI is InChI=1S/C36H61N2O4S/c1-5-6-7-8-9-10-11-12-13-14-15-16-17-18-19-20-25-37(3)35(39)42-31-36(2,40-4)30-41-29-34-23-21-33(22-24-34)28-38-26-27-43-32-38/h21-24,26-27,32H,5-20,25,28-31H2,1-4H3/q+1. The molecular formula is C36H61N2O4S+. The molecule has 0 saturated heterocycles. The number of nitrogens with zero attached hydrogens (tertiary/aromatic N) is 2. The molecule has 0 saturated carbocycles. The highest BCUT2D eigenvalue weighted by Crippen LogP contribution is 2.16. The summed E-state index contributed by atoms with van der Waals surface area (Å²) in [4.78, 5) is 14.2. The number of benzene rings is 1. The SMILES string of the molecule is CCCCCCCCCCCCCCCCCCN(C)C(=O)OCC(C)(COCc1ccc(C[n+]2ccsc2)cc1)OC. The lowest BCUT2D eigenvalue weighted by Crippen LogP contribution is -2.41. The molecule has 0 spiro atoms. The number of hydrogen-bond donors (Lipinski definition) is 0. The molecule has 6 nitrogen and oxygen atoms in total. The molecule has 1 amide bonds. The van der Waals surface area contributed by atoms with E-state index in [-0.39, 0.29) is 12.7 Å². The van der Waals surface area contributed by atoms with Crippen molar-refractivity contribution < 1.29 is 23.6 Å². The van der Waals surface area contributed by atoms with Gasteiger partial charge in [-0.3, -0.25) is 0 Å². The van der Waals surface area contributed by atoms with Crippen molar-refractivity contribution in [3.05, 3.63) is 52.5 Å². The van der Waals surface area contributed by atoms with Gasteiger partial charge in [-0.1, -0.05) is 139 Å². The fourth-order valence-electron chi connectivity index (χ4n) is 5.16. The van der Waals surface area contributed by atoms with E-state index in [1.807, 2.05) is 14.0 Å². The molecule has 0 bridgehead atoms. The van der Waals surface area contributed by atoms with Gasteiger partial charge in [-0.2, -0.15) is 4.57 Å². The zero-order valence-corrected chi connectivity index (χ0v) is 28.6. The molecule has 1 heterocycles. The van der Waals surface area contributed by atoms with Crippen molar-refractivity contribution in [3.8, 4) is 0 Å². The Morgan fingerprint density at radius 2 is 1.35 bits per heavy atom. The number of methoxy groups -OCH3 is 1. The van der Waals surface area contributed by atoms with Gasteiger partial charge in [0.05, 0.1) is 18.6 Å². The highest BCUT2D eigenvalue weighted by molar-refractivity contribution is 7.07. The highest BCUT2D eigenvalue weighted by atomic mass is 32.1. The molecule has 0 aliphatic heterocycles. The fourth-order valence-corrected chi connectivity index (χ4v) is 5.76. The first-order valence-corrected chi connectivity index (χ1v) is 17.9. The topological polar surface area (TPSA) is 51.9 Å². The van der Waals surface area contributed by atoms with Crippen molar-refractivity contribution in [2.75, 3.05) is 33.9 Å². The number of rotatable bonds is 26. The van der Waals surface area contributed by atoms with Gasteiger partial charge in [0.25, 0.3) is 0 Å². The second kappa shape index (κ2) is 23.4. The Morgan fingerprint density at radius 3 is 1.86 bits per heavy atom. The summed E-state index contributed by atoms with van der Waals surface area (Å²) in [6.45, 7) is 6.76. The first-order chi connectivity index (χ1) is 21.0. The van der Waals surface area contributed by atoms with E-state index < -0.39 is 5.60 Å². The first-order valence-electron chi connectivity index (χ1n) is 17.0. The summed E-state index contributed by atoms with van der Waals surface area (Å²) in [6, 6.07) is 8.46. The quantitative estimate of drug-likeness (QED) is 0.0780. The number of amides is 1. The van der Waals surface area contributed by atoms with E-state index in [1.54, 1.807) is 23.3 Å². The summed E-state index contributed by atoms with van der Waals surface area (Å²) in [5.74, 6) is 0. The van der Waals surface area contributed by atoms with E-state index >= 15 is 0 Å². The van der Waals surface area contributed by atoms with Gasteiger partial charge < -0.3 is 19.1 Å². The van der Waals surface area contributed by atoms with Crippen LogP contribution >= 0.6 is 11.3 Å². The number of hydrogen-bond acceptors (Lipinski definition) is 5. The van der Waals surface area contributed by atoms with E-state index in [1.165, 1.54) is 95.5 Å². The Bertz CT molecular complexity index is 937. The molecule has 7 heteroatoms. The molecule has 2 aromatic rings. The highest BCUT2D eigenvalue weighted by Gasteiger charge is 2.27. The molecule has 0 fully saturated rings. The van der Waals surface area contributed by atoms with Crippen LogP contribution in [0, 0.1) is 0 Å². The van der Waals surface area contributed by atoms with Crippen LogP contribution in [-0.4, -0.2) is 50.5 Å². The Morgan fingerprint density at radius 1 is 0.814 bits per heavy atom. The number of unbranched alkanes of at least 4 members (excludes halogenated alkanes) is 15. The molecule has 43 heavy (non-hydrogen) atoms. The lowest BCUT2D eigenvalue weighted by atomic mass is 10.0. The van der Waals surface area contributed by atoms with Crippen molar-refractivity contribution in [2.24, 2.45) is 0 Å². The molecule has 0 aliphatic rings. The van der Waals surface area contributed by atoms with Crippen molar-refractivity contribution in [1.29, 1.82) is 0 Å². The molecule has 1 unspecified atom stereocenters. The molecule has 0 aliphatic carbocycles. The lowest BCUT2D eigenvalue weighted by Gasteiger charge is -2.28. The minimum absolute atomic E-state index is 0.155. The predicted octanol–water partition coefficient (Wildman–Crippen LogP) is 9.34. The van der Waals surface area contributed by atoms with Crippen molar-refractivity contribution >= 4 is 17.4 Å². The van der Waals surface area contributed by atoms with Crippen LogP contribution in [0.2, 0.25) is 0 Å². The van der Waals surface area contributed by atoms with Crippen LogP contribution in [-0.2, 0) is 27.4 Å². The van der Waals surface area contributed by atoms with E-state index in [0.717, 1.165) is 31.5 Å². The van der Waals surface area contributed by atoms with Crippen LogP contribution in [0.1, 0.15) is 128 Å². The molecule has 0 radical (unpaired) electrons. The van der Waals surface area contributed by atoms with E-state index in [9.17, 15) is 4.79 Å². The monoisotopic (exact) mass is 617 g/mol. The fraction of sp³-hybridized carbons (Fsp3) is 0.722. The summed E-state index contributed by atoms with van der Waals surface area (Å²) >= 11 is 1.69. The zero-order valence-electron chi connectivity index (χ0n) is 27.8. The van der Waals surface area contributed by atoms with Gasteiger partial charge in [0.2, 0.25) is 5.51 Å². The second-order valence-electron chi connectivity index (χ2n) is 12.4. The number of aromatic nitrogens is 1. The third-order valence-electron chi connectivity index (χ3n) is 8.24. The van der Waals surface area contributed by atoms with E-state index in [4.69, 9.17) is 14.2 Å². The smallest absolute Gasteiger partial charge is 0.409 e.